The zero-order valence-electron chi connectivity index (χ0n) is 23.2. The highest BCUT2D eigenvalue weighted by Gasteiger charge is 2.54. The van der Waals surface area contributed by atoms with Crippen molar-refractivity contribution < 1.29 is 19.5 Å². The lowest BCUT2D eigenvalue weighted by molar-refractivity contribution is -0.161. The molecular weight excluding hydrogens is 583 g/mol. The van der Waals surface area contributed by atoms with E-state index >= 15 is 0 Å². The average Bonchev–Trinajstić information content (AvgIpc) is 3.32. The summed E-state index contributed by atoms with van der Waals surface area (Å²) in [5, 5.41) is 11.6. The number of piperazine rings is 1. The standard InChI is InChI=1S/C35H30Cl2N2O4/c36-26-15-11-24(12-16-26)30(25-13-17-27(37)18-14-25)33(40)38-21-28-19-20-29(32(38)35(42)43)39(28)34(41)31(22-7-3-1-4-8-22)23-9-5-2-6-10-23/h1-18,28-32H,19-21H2,(H,42,43)/t28?,29-,32+/m1/s1. The third-order valence-corrected chi connectivity index (χ3v) is 9.11. The second-order valence-corrected chi connectivity index (χ2v) is 12.0. The summed E-state index contributed by atoms with van der Waals surface area (Å²) < 4.78 is 0. The number of benzene rings is 4. The van der Waals surface area contributed by atoms with Crippen molar-refractivity contribution in [3.05, 3.63) is 141 Å². The van der Waals surface area contributed by atoms with E-state index in [-0.39, 0.29) is 24.4 Å². The highest BCUT2D eigenvalue weighted by atomic mass is 35.5. The number of carbonyl (C=O) groups excluding carboxylic acids is 2. The molecule has 2 saturated heterocycles. The van der Waals surface area contributed by atoms with Gasteiger partial charge in [-0.3, -0.25) is 9.59 Å². The van der Waals surface area contributed by atoms with Crippen LogP contribution in [0.5, 0.6) is 0 Å². The molecule has 8 heteroatoms. The normalized spacial score (nSPS) is 19.6. The molecule has 43 heavy (non-hydrogen) atoms. The van der Waals surface area contributed by atoms with E-state index in [1.165, 1.54) is 4.90 Å². The maximum absolute atomic E-state index is 14.4. The van der Waals surface area contributed by atoms with Crippen molar-refractivity contribution in [2.45, 2.75) is 42.8 Å². The van der Waals surface area contributed by atoms with E-state index < -0.39 is 29.9 Å². The van der Waals surface area contributed by atoms with E-state index in [0.717, 1.165) is 11.1 Å². The molecule has 2 aliphatic heterocycles. The molecule has 0 spiro atoms. The Labute approximate surface area is 260 Å². The van der Waals surface area contributed by atoms with Gasteiger partial charge in [-0.2, -0.15) is 0 Å². The maximum Gasteiger partial charge on any atom is 0.328 e. The van der Waals surface area contributed by atoms with Crippen LogP contribution >= 0.6 is 23.2 Å². The number of aliphatic carboxylic acids is 1. The minimum atomic E-state index is -1.19. The molecule has 0 aromatic heterocycles. The number of carboxylic acids is 1. The SMILES string of the molecule is O=C(O)[C@@H]1[C@H]2CCC(CN1C(=O)C(c1ccc(Cl)cc1)c1ccc(Cl)cc1)N2C(=O)C(c1ccccc1)c1ccccc1. The third kappa shape index (κ3) is 5.65. The number of amides is 2. The predicted octanol–water partition coefficient (Wildman–Crippen LogP) is 6.61. The lowest BCUT2D eigenvalue weighted by Gasteiger charge is -2.47. The van der Waals surface area contributed by atoms with Crippen LogP contribution < -0.4 is 0 Å². The molecule has 218 valence electrons. The molecule has 2 aliphatic rings. The first-order valence-electron chi connectivity index (χ1n) is 14.3. The second kappa shape index (κ2) is 12.2. The Bertz CT molecular complexity index is 1530. The van der Waals surface area contributed by atoms with Crippen LogP contribution in [-0.4, -0.2) is 57.4 Å². The van der Waals surface area contributed by atoms with Gasteiger partial charge in [0.1, 0.15) is 6.04 Å². The lowest BCUT2D eigenvalue weighted by atomic mass is 9.87. The number of rotatable bonds is 7. The summed E-state index contributed by atoms with van der Waals surface area (Å²) >= 11 is 12.3. The molecule has 2 bridgehead atoms. The summed E-state index contributed by atoms with van der Waals surface area (Å²) in [5.41, 5.74) is 3.07. The zero-order chi connectivity index (χ0) is 30.1. The van der Waals surface area contributed by atoms with Crippen LogP contribution in [0.1, 0.15) is 46.9 Å². The Hall–Kier alpha value is -4.13. The van der Waals surface area contributed by atoms with Gasteiger partial charge in [-0.1, -0.05) is 108 Å². The number of carboxylic acid groups (broad SMARTS) is 1. The molecule has 1 N–H and O–H groups in total. The molecule has 3 atom stereocenters. The number of carbonyl (C=O) groups is 3. The Morgan fingerprint density at radius 2 is 1.07 bits per heavy atom. The highest BCUT2D eigenvalue weighted by molar-refractivity contribution is 6.30. The van der Waals surface area contributed by atoms with Crippen molar-refractivity contribution in [2.75, 3.05) is 6.54 Å². The van der Waals surface area contributed by atoms with Gasteiger partial charge in [-0.25, -0.2) is 4.79 Å². The van der Waals surface area contributed by atoms with Gasteiger partial charge in [0.25, 0.3) is 0 Å². The lowest BCUT2D eigenvalue weighted by Crippen LogP contribution is -2.66. The average molecular weight is 614 g/mol. The first-order valence-corrected chi connectivity index (χ1v) is 15.1. The molecule has 4 aromatic rings. The highest BCUT2D eigenvalue weighted by Crippen LogP contribution is 2.40. The fourth-order valence-electron chi connectivity index (χ4n) is 6.69. The van der Waals surface area contributed by atoms with Crippen LogP contribution in [0.3, 0.4) is 0 Å². The molecule has 2 fully saturated rings. The van der Waals surface area contributed by atoms with Crippen molar-refractivity contribution in [3.63, 3.8) is 0 Å². The largest absolute Gasteiger partial charge is 0.480 e. The Balaban J connectivity index is 1.37. The summed E-state index contributed by atoms with van der Waals surface area (Å²) in [6.45, 7) is 0.131. The Morgan fingerprint density at radius 3 is 1.53 bits per heavy atom. The van der Waals surface area contributed by atoms with Gasteiger partial charge >= 0.3 is 5.97 Å². The minimum Gasteiger partial charge on any atom is -0.480 e. The van der Waals surface area contributed by atoms with E-state index in [1.54, 1.807) is 53.4 Å². The van der Waals surface area contributed by atoms with Gasteiger partial charge in [-0.05, 0) is 59.4 Å². The number of likely N-dealkylation sites (tertiary alicyclic amines) is 1. The van der Waals surface area contributed by atoms with Crippen molar-refractivity contribution >= 4 is 41.0 Å². The molecule has 6 nitrogen and oxygen atoms in total. The fraction of sp³-hybridized carbons (Fsp3) is 0.229. The quantitative estimate of drug-likeness (QED) is 0.255. The Morgan fingerprint density at radius 1 is 0.628 bits per heavy atom. The zero-order valence-corrected chi connectivity index (χ0v) is 24.7. The molecular formula is C35H30Cl2N2O4. The monoisotopic (exact) mass is 612 g/mol. The second-order valence-electron chi connectivity index (χ2n) is 11.1. The third-order valence-electron chi connectivity index (χ3n) is 8.61. The van der Waals surface area contributed by atoms with Gasteiger partial charge in [-0.15, -0.1) is 0 Å². The van der Waals surface area contributed by atoms with Crippen molar-refractivity contribution in [1.29, 1.82) is 0 Å². The van der Waals surface area contributed by atoms with E-state index in [9.17, 15) is 19.5 Å². The summed E-state index contributed by atoms with van der Waals surface area (Å²) in [6, 6.07) is 31.0. The minimum absolute atomic E-state index is 0.131. The van der Waals surface area contributed by atoms with Crippen molar-refractivity contribution in [2.24, 2.45) is 0 Å². The van der Waals surface area contributed by atoms with E-state index in [4.69, 9.17) is 23.2 Å². The fourth-order valence-corrected chi connectivity index (χ4v) is 6.94. The topological polar surface area (TPSA) is 77.9 Å². The van der Waals surface area contributed by atoms with Gasteiger partial charge < -0.3 is 14.9 Å². The first kappa shape index (κ1) is 29.0. The molecule has 4 aromatic carbocycles. The molecule has 6 rings (SSSR count). The molecule has 0 saturated carbocycles. The summed E-state index contributed by atoms with van der Waals surface area (Å²) in [6.07, 6.45) is 1.12. The number of hydrogen-bond acceptors (Lipinski definition) is 3. The summed E-state index contributed by atoms with van der Waals surface area (Å²) in [7, 11) is 0. The number of fused-ring (bicyclic) bond motifs is 2. The van der Waals surface area contributed by atoms with Crippen LogP contribution in [0.2, 0.25) is 10.0 Å². The number of halogens is 2. The van der Waals surface area contributed by atoms with E-state index in [1.807, 2.05) is 60.7 Å². The van der Waals surface area contributed by atoms with Crippen LogP contribution in [0, 0.1) is 0 Å². The van der Waals surface area contributed by atoms with E-state index in [2.05, 4.69) is 0 Å². The smallest absolute Gasteiger partial charge is 0.328 e. The maximum atomic E-state index is 14.4. The molecule has 0 radical (unpaired) electrons. The number of nitrogens with zero attached hydrogens (tertiary/aromatic N) is 2. The van der Waals surface area contributed by atoms with Crippen LogP contribution in [0.25, 0.3) is 0 Å². The van der Waals surface area contributed by atoms with Crippen LogP contribution in [0.15, 0.2) is 109 Å². The first-order chi connectivity index (χ1) is 20.8. The predicted molar refractivity (Wildman–Crippen MR) is 166 cm³/mol. The summed E-state index contributed by atoms with van der Waals surface area (Å²) in [5.74, 6) is -2.95. The molecule has 2 amide bonds. The molecule has 1 unspecified atom stereocenters. The molecule has 2 heterocycles. The van der Waals surface area contributed by atoms with Gasteiger partial charge in [0, 0.05) is 22.6 Å². The molecule has 0 aliphatic carbocycles. The summed E-state index contributed by atoms with van der Waals surface area (Å²) in [4.78, 5) is 45.1. The van der Waals surface area contributed by atoms with Gasteiger partial charge in [0.05, 0.1) is 17.9 Å². The van der Waals surface area contributed by atoms with Crippen LogP contribution in [-0.2, 0) is 14.4 Å². The number of hydrogen-bond donors (Lipinski definition) is 1. The van der Waals surface area contributed by atoms with Gasteiger partial charge in [0.15, 0.2) is 0 Å². The van der Waals surface area contributed by atoms with Crippen molar-refractivity contribution in [3.8, 4) is 0 Å². The van der Waals surface area contributed by atoms with E-state index in [0.29, 0.717) is 34.0 Å². The van der Waals surface area contributed by atoms with Crippen molar-refractivity contribution in [1.82, 2.24) is 9.80 Å². The van der Waals surface area contributed by atoms with Gasteiger partial charge in [0.2, 0.25) is 11.8 Å². The Kier molecular flexibility index (Phi) is 8.24. The van der Waals surface area contributed by atoms with Crippen LogP contribution in [0.4, 0.5) is 0 Å².